The van der Waals surface area contributed by atoms with E-state index in [0.717, 1.165) is 0 Å². The highest BCUT2D eigenvalue weighted by Gasteiger charge is 2.18. The fraction of sp³-hybridized carbons (Fsp3) is 0.391. The van der Waals surface area contributed by atoms with Gasteiger partial charge in [-0.1, -0.05) is 32.9 Å². The molecule has 2 rings (SSSR count). The van der Waals surface area contributed by atoms with Gasteiger partial charge in [0.15, 0.2) is 6.61 Å². The summed E-state index contributed by atoms with van der Waals surface area (Å²) in [5.74, 6) is -0.361. The van der Waals surface area contributed by atoms with E-state index in [-0.39, 0.29) is 29.8 Å². The average Bonchev–Trinajstić information content (AvgIpc) is 2.73. The number of ether oxygens (including phenoxy) is 3. The molecule has 2 aromatic carbocycles. The number of carbonyl (C=O) groups excluding carboxylic acids is 2. The van der Waals surface area contributed by atoms with Gasteiger partial charge in [-0.15, -0.1) is 0 Å². The lowest BCUT2D eigenvalue weighted by molar-refractivity contribution is -0.384. The van der Waals surface area contributed by atoms with Gasteiger partial charge in [0.2, 0.25) is 0 Å². The number of anilines is 1. The Morgan fingerprint density at radius 1 is 1.03 bits per heavy atom. The van der Waals surface area contributed by atoms with Crippen LogP contribution < -0.4 is 14.8 Å². The van der Waals surface area contributed by atoms with E-state index < -0.39 is 23.4 Å². The Bertz CT molecular complexity index is 950. The zero-order valence-electron chi connectivity index (χ0n) is 18.7. The van der Waals surface area contributed by atoms with Crippen LogP contribution in [0.2, 0.25) is 0 Å². The fourth-order valence-electron chi connectivity index (χ4n) is 2.73. The lowest BCUT2D eigenvalue weighted by Gasteiger charge is -2.19. The summed E-state index contributed by atoms with van der Waals surface area (Å²) < 4.78 is 15.7. The summed E-state index contributed by atoms with van der Waals surface area (Å²) in [4.78, 5) is 34.5. The van der Waals surface area contributed by atoms with Gasteiger partial charge in [0.05, 0.1) is 30.6 Å². The van der Waals surface area contributed by atoms with Crippen molar-refractivity contribution in [1.29, 1.82) is 0 Å². The molecule has 32 heavy (non-hydrogen) atoms. The van der Waals surface area contributed by atoms with Crippen molar-refractivity contribution in [3.05, 3.63) is 58.1 Å². The summed E-state index contributed by atoms with van der Waals surface area (Å²) >= 11 is 0. The van der Waals surface area contributed by atoms with E-state index >= 15 is 0 Å². The van der Waals surface area contributed by atoms with Crippen LogP contribution in [0.15, 0.2) is 42.5 Å². The fourth-order valence-corrected chi connectivity index (χ4v) is 2.73. The number of amides is 1. The Labute approximate surface area is 186 Å². The van der Waals surface area contributed by atoms with Gasteiger partial charge in [-0.05, 0) is 42.2 Å². The molecular weight excluding hydrogens is 416 g/mol. The van der Waals surface area contributed by atoms with E-state index in [9.17, 15) is 19.7 Å². The molecule has 0 bridgehead atoms. The Hall–Kier alpha value is -3.62. The number of nitro benzene ring substituents is 1. The number of nitrogens with one attached hydrogen (secondary N) is 1. The smallest absolute Gasteiger partial charge is 0.309 e. The molecule has 1 amide bonds. The van der Waals surface area contributed by atoms with Crippen molar-refractivity contribution >= 4 is 23.3 Å². The minimum absolute atomic E-state index is 0.0125. The molecule has 0 aliphatic heterocycles. The van der Waals surface area contributed by atoms with Crippen molar-refractivity contribution in [2.45, 2.75) is 39.5 Å². The molecular formula is C23H28N2O7. The number of benzene rings is 2. The summed E-state index contributed by atoms with van der Waals surface area (Å²) in [6.45, 7) is 7.98. The summed E-state index contributed by atoms with van der Waals surface area (Å²) in [7, 11) is 0. The average molecular weight is 444 g/mol. The first kappa shape index (κ1) is 24.6. The second-order valence-electron chi connectivity index (χ2n) is 7.95. The predicted octanol–water partition coefficient (Wildman–Crippen LogP) is 4.24. The van der Waals surface area contributed by atoms with Crippen LogP contribution in [0.5, 0.6) is 11.5 Å². The molecule has 0 fully saturated rings. The van der Waals surface area contributed by atoms with Crippen LogP contribution in [-0.4, -0.2) is 36.6 Å². The molecule has 0 aromatic heterocycles. The Kier molecular flexibility index (Phi) is 8.57. The number of nitrogens with zero attached hydrogens (tertiary/aromatic N) is 1. The first-order chi connectivity index (χ1) is 15.1. The number of hydrogen-bond acceptors (Lipinski definition) is 7. The number of carbonyl (C=O) groups is 2. The van der Waals surface area contributed by atoms with Crippen molar-refractivity contribution in [3.63, 3.8) is 0 Å². The van der Waals surface area contributed by atoms with E-state index in [4.69, 9.17) is 14.2 Å². The summed E-state index contributed by atoms with van der Waals surface area (Å²) in [6.07, 6.45) is -0.0441. The van der Waals surface area contributed by atoms with Gasteiger partial charge >= 0.3 is 5.97 Å². The third-order valence-electron chi connectivity index (χ3n) is 4.41. The predicted molar refractivity (Wildman–Crippen MR) is 119 cm³/mol. The lowest BCUT2D eigenvalue weighted by atomic mass is 9.87. The molecule has 0 radical (unpaired) electrons. The molecule has 2 aromatic rings. The van der Waals surface area contributed by atoms with Gasteiger partial charge in [-0.2, -0.15) is 0 Å². The third-order valence-corrected chi connectivity index (χ3v) is 4.41. The van der Waals surface area contributed by atoms with Crippen molar-refractivity contribution < 1.29 is 28.7 Å². The maximum atomic E-state index is 12.0. The normalized spacial score (nSPS) is 10.9. The lowest BCUT2D eigenvalue weighted by Crippen LogP contribution is -2.22. The molecule has 9 heteroatoms. The van der Waals surface area contributed by atoms with Gasteiger partial charge in [0.25, 0.3) is 11.6 Å². The van der Waals surface area contributed by atoms with Crippen LogP contribution in [0, 0.1) is 10.1 Å². The van der Waals surface area contributed by atoms with Crippen molar-refractivity contribution in [3.8, 4) is 11.5 Å². The topological polar surface area (TPSA) is 117 Å². The van der Waals surface area contributed by atoms with Gasteiger partial charge in [0.1, 0.15) is 17.2 Å². The highest BCUT2D eigenvalue weighted by molar-refractivity contribution is 5.95. The van der Waals surface area contributed by atoms with Gasteiger partial charge in [0, 0.05) is 0 Å². The number of rotatable bonds is 10. The molecule has 0 saturated carbocycles. The van der Waals surface area contributed by atoms with Crippen LogP contribution in [0.4, 0.5) is 11.4 Å². The van der Waals surface area contributed by atoms with Crippen LogP contribution in [0.3, 0.4) is 0 Å². The standard InChI is InChI=1S/C23H28N2O7/c1-5-30-18-10-11-19(20(14-18)25(28)29)24-21(26)15-32-22(27)12-13-31-17-8-6-16(7-9-17)23(2,3)4/h6-11,14H,5,12-13,15H2,1-4H3,(H,24,26). The van der Waals surface area contributed by atoms with E-state index in [2.05, 4.69) is 26.1 Å². The molecule has 1 N–H and O–H groups in total. The summed E-state index contributed by atoms with van der Waals surface area (Å²) in [6, 6.07) is 11.7. The molecule has 0 unspecified atom stereocenters. The maximum Gasteiger partial charge on any atom is 0.309 e. The van der Waals surface area contributed by atoms with Crippen molar-refractivity contribution in [2.75, 3.05) is 25.1 Å². The van der Waals surface area contributed by atoms with Crippen LogP contribution in [0.1, 0.15) is 39.7 Å². The highest BCUT2D eigenvalue weighted by Crippen LogP contribution is 2.29. The molecule has 0 spiro atoms. The first-order valence-electron chi connectivity index (χ1n) is 10.2. The van der Waals surface area contributed by atoms with Gasteiger partial charge in [-0.25, -0.2) is 0 Å². The zero-order valence-corrected chi connectivity index (χ0v) is 18.7. The van der Waals surface area contributed by atoms with E-state index in [1.807, 2.05) is 24.3 Å². The molecule has 0 atom stereocenters. The summed E-state index contributed by atoms with van der Waals surface area (Å²) in [5.41, 5.74) is 0.875. The number of hydrogen-bond donors (Lipinski definition) is 1. The molecule has 172 valence electrons. The Morgan fingerprint density at radius 2 is 1.69 bits per heavy atom. The first-order valence-corrected chi connectivity index (χ1v) is 10.2. The van der Waals surface area contributed by atoms with Crippen molar-refractivity contribution in [2.24, 2.45) is 0 Å². The van der Waals surface area contributed by atoms with Gasteiger partial charge < -0.3 is 19.5 Å². The van der Waals surface area contributed by atoms with E-state index in [1.54, 1.807) is 6.92 Å². The van der Waals surface area contributed by atoms with E-state index in [0.29, 0.717) is 18.1 Å². The number of esters is 1. The monoisotopic (exact) mass is 444 g/mol. The molecule has 0 aliphatic carbocycles. The molecule has 9 nitrogen and oxygen atoms in total. The van der Waals surface area contributed by atoms with Crippen LogP contribution >= 0.6 is 0 Å². The minimum Gasteiger partial charge on any atom is -0.494 e. The maximum absolute atomic E-state index is 12.0. The Balaban J connectivity index is 1.78. The number of nitro groups is 1. The highest BCUT2D eigenvalue weighted by atomic mass is 16.6. The Morgan fingerprint density at radius 3 is 2.28 bits per heavy atom. The second kappa shape index (κ2) is 11.1. The SMILES string of the molecule is CCOc1ccc(NC(=O)COC(=O)CCOc2ccc(C(C)(C)C)cc2)c([N+](=O)[O-])c1. The van der Waals surface area contributed by atoms with Crippen LogP contribution in [0.25, 0.3) is 0 Å². The third kappa shape index (κ3) is 7.57. The van der Waals surface area contributed by atoms with Crippen LogP contribution in [-0.2, 0) is 19.7 Å². The second-order valence-corrected chi connectivity index (χ2v) is 7.95. The summed E-state index contributed by atoms with van der Waals surface area (Å²) in [5, 5.41) is 13.6. The van der Waals surface area contributed by atoms with Gasteiger partial charge in [-0.3, -0.25) is 19.7 Å². The molecule has 0 heterocycles. The van der Waals surface area contributed by atoms with Crippen molar-refractivity contribution in [1.82, 2.24) is 0 Å². The quantitative estimate of drug-likeness (QED) is 0.331. The largest absolute Gasteiger partial charge is 0.494 e. The zero-order chi connectivity index (χ0) is 23.7. The molecule has 0 aliphatic rings. The molecule has 0 saturated heterocycles. The minimum atomic E-state index is -0.690. The van der Waals surface area contributed by atoms with E-state index in [1.165, 1.54) is 23.8 Å².